The number of rotatable bonds is 5. The van der Waals surface area contributed by atoms with Gasteiger partial charge in [0.25, 0.3) is 11.6 Å². The van der Waals surface area contributed by atoms with Crippen molar-refractivity contribution in [2.75, 3.05) is 25.1 Å². The molecule has 142 valence electrons. The van der Waals surface area contributed by atoms with Crippen molar-refractivity contribution in [1.29, 1.82) is 0 Å². The maximum atomic E-state index is 12.1. The Morgan fingerprint density at radius 1 is 1.33 bits per heavy atom. The van der Waals surface area contributed by atoms with Gasteiger partial charge in [-0.3, -0.25) is 14.9 Å². The minimum atomic E-state index is -0.719. The zero-order valence-corrected chi connectivity index (χ0v) is 15.0. The molecule has 1 aliphatic heterocycles. The quantitative estimate of drug-likeness (QED) is 0.465. The number of amides is 1. The van der Waals surface area contributed by atoms with Crippen LogP contribution in [0.1, 0.15) is 21.8 Å². The Bertz CT molecular complexity index is 896. The first-order valence-corrected chi connectivity index (χ1v) is 8.78. The highest BCUT2D eigenvalue weighted by atomic mass is 32.1. The third-order valence-corrected chi connectivity index (χ3v) is 4.51. The standard InChI is InChI=1S/C16H15N3O7S/c1-9-15(27-8-17-9)16(21)26-7-14(20)18-10-5-12-13(6-11(10)19(22)23)25-4-2-3-24-12/h5-6,8H,2-4,7H2,1H3,(H,18,20). The zero-order valence-electron chi connectivity index (χ0n) is 14.2. The van der Waals surface area contributed by atoms with Gasteiger partial charge < -0.3 is 19.5 Å². The maximum Gasteiger partial charge on any atom is 0.350 e. The SMILES string of the molecule is Cc1ncsc1C(=O)OCC(=O)Nc1cc2c(cc1[N+](=O)[O-])OCCCO2. The summed E-state index contributed by atoms with van der Waals surface area (Å²) < 4.78 is 15.8. The summed E-state index contributed by atoms with van der Waals surface area (Å²) in [6.07, 6.45) is 0.636. The van der Waals surface area contributed by atoms with E-state index in [0.29, 0.717) is 36.0 Å². The summed E-state index contributed by atoms with van der Waals surface area (Å²) in [5.41, 5.74) is 1.58. The highest BCUT2D eigenvalue weighted by Gasteiger charge is 2.23. The van der Waals surface area contributed by atoms with E-state index in [4.69, 9.17) is 14.2 Å². The van der Waals surface area contributed by atoms with E-state index in [1.165, 1.54) is 17.6 Å². The molecule has 0 unspecified atom stereocenters. The molecule has 1 aromatic heterocycles. The van der Waals surface area contributed by atoms with E-state index in [2.05, 4.69) is 10.3 Å². The van der Waals surface area contributed by atoms with Gasteiger partial charge in [-0.05, 0) is 6.92 Å². The predicted octanol–water partition coefficient (Wildman–Crippen LogP) is 2.32. The Labute approximate surface area is 157 Å². The third-order valence-electron chi connectivity index (χ3n) is 3.60. The van der Waals surface area contributed by atoms with E-state index in [1.807, 2.05) is 0 Å². The zero-order chi connectivity index (χ0) is 19.4. The van der Waals surface area contributed by atoms with Gasteiger partial charge in [0, 0.05) is 12.5 Å². The van der Waals surface area contributed by atoms with Gasteiger partial charge in [0.05, 0.1) is 35.4 Å². The number of carbonyl (C=O) groups is 2. The average Bonchev–Trinajstić information content (AvgIpc) is 2.93. The third kappa shape index (κ3) is 4.31. The maximum absolute atomic E-state index is 12.1. The number of esters is 1. The van der Waals surface area contributed by atoms with Crippen LogP contribution in [0.2, 0.25) is 0 Å². The fourth-order valence-corrected chi connectivity index (χ4v) is 3.02. The first kappa shape index (κ1) is 18.6. The Morgan fingerprint density at radius 3 is 2.67 bits per heavy atom. The van der Waals surface area contributed by atoms with E-state index in [1.54, 1.807) is 6.92 Å². The van der Waals surface area contributed by atoms with Crippen molar-refractivity contribution in [3.8, 4) is 11.5 Å². The topological polar surface area (TPSA) is 130 Å². The summed E-state index contributed by atoms with van der Waals surface area (Å²) in [5.74, 6) is -0.864. The second-order valence-electron chi connectivity index (χ2n) is 5.51. The normalized spacial score (nSPS) is 12.8. The molecule has 0 atom stereocenters. The van der Waals surface area contributed by atoms with Crippen molar-refractivity contribution in [2.45, 2.75) is 13.3 Å². The number of hydrogen-bond acceptors (Lipinski definition) is 9. The lowest BCUT2D eigenvalue weighted by molar-refractivity contribution is -0.384. The number of ether oxygens (including phenoxy) is 3. The molecular weight excluding hydrogens is 378 g/mol. The van der Waals surface area contributed by atoms with Gasteiger partial charge in [-0.15, -0.1) is 11.3 Å². The molecule has 1 N–H and O–H groups in total. The van der Waals surface area contributed by atoms with Gasteiger partial charge in [0.2, 0.25) is 0 Å². The first-order valence-electron chi connectivity index (χ1n) is 7.91. The van der Waals surface area contributed by atoms with Gasteiger partial charge >= 0.3 is 5.97 Å². The molecule has 1 aliphatic rings. The lowest BCUT2D eigenvalue weighted by Crippen LogP contribution is -2.21. The van der Waals surface area contributed by atoms with Crippen LogP contribution in [0.4, 0.5) is 11.4 Å². The molecule has 2 aromatic rings. The number of fused-ring (bicyclic) bond motifs is 1. The average molecular weight is 393 g/mol. The molecule has 11 heteroatoms. The first-order chi connectivity index (χ1) is 13.0. The number of nitrogens with zero attached hydrogens (tertiary/aromatic N) is 2. The van der Waals surface area contributed by atoms with Crippen LogP contribution in [0.5, 0.6) is 11.5 Å². The smallest absolute Gasteiger partial charge is 0.350 e. The number of aryl methyl sites for hydroxylation is 1. The number of nitro groups is 1. The molecule has 1 aromatic carbocycles. The molecule has 0 aliphatic carbocycles. The Hall–Kier alpha value is -3.21. The fraction of sp³-hybridized carbons (Fsp3) is 0.312. The lowest BCUT2D eigenvalue weighted by atomic mass is 10.2. The highest BCUT2D eigenvalue weighted by Crippen LogP contribution is 2.39. The van der Waals surface area contributed by atoms with Gasteiger partial charge in [0.1, 0.15) is 10.6 Å². The van der Waals surface area contributed by atoms with Gasteiger partial charge in [-0.25, -0.2) is 9.78 Å². The number of anilines is 1. The second kappa shape index (κ2) is 7.99. The lowest BCUT2D eigenvalue weighted by Gasteiger charge is -2.11. The van der Waals surface area contributed by atoms with Crippen LogP contribution in [0.15, 0.2) is 17.6 Å². The molecule has 0 saturated heterocycles. The number of nitro benzene ring substituents is 1. The van der Waals surface area contributed by atoms with Crippen LogP contribution < -0.4 is 14.8 Å². The molecule has 0 saturated carbocycles. The second-order valence-corrected chi connectivity index (χ2v) is 6.37. The minimum absolute atomic E-state index is 0.0701. The van der Waals surface area contributed by atoms with E-state index in [0.717, 1.165) is 11.3 Å². The Morgan fingerprint density at radius 2 is 2.04 bits per heavy atom. The van der Waals surface area contributed by atoms with Crippen molar-refractivity contribution in [3.63, 3.8) is 0 Å². The molecule has 0 bridgehead atoms. The number of nitrogens with one attached hydrogen (secondary N) is 1. The minimum Gasteiger partial charge on any atom is -0.489 e. The van der Waals surface area contributed by atoms with Crippen molar-refractivity contribution >= 4 is 34.6 Å². The van der Waals surface area contributed by atoms with Crippen molar-refractivity contribution < 1.29 is 28.7 Å². The number of carbonyl (C=O) groups excluding carboxylic acids is 2. The molecule has 3 rings (SSSR count). The van der Waals surface area contributed by atoms with E-state index < -0.39 is 23.4 Å². The Kier molecular flexibility index (Phi) is 5.50. The predicted molar refractivity (Wildman–Crippen MR) is 94.5 cm³/mol. The molecule has 1 amide bonds. The van der Waals surface area contributed by atoms with Crippen LogP contribution in [0.3, 0.4) is 0 Å². The Balaban J connectivity index is 1.71. The molecule has 10 nitrogen and oxygen atoms in total. The summed E-state index contributed by atoms with van der Waals surface area (Å²) in [7, 11) is 0. The summed E-state index contributed by atoms with van der Waals surface area (Å²) in [4.78, 5) is 38.9. The van der Waals surface area contributed by atoms with E-state index >= 15 is 0 Å². The summed E-state index contributed by atoms with van der Waals surface area (Å²) in [6, 6.07) is 2.52. The van der Waals surface area contributed by atoms with Gasteiger partial charge in [0.15, 0.2) is 18.1 Å². The molecule has 0 spiro atoms. The number of thiazole rings is 1. The number of benzene rings is 1. The van der Waals surface area contributed by atoms with Crippen LogP contribution in [-0.2, 0) is 9.53 Å². The van der Waals surface area contributed by atoms with Crippen LogP contribution in [0, 0.1) is 17.0 Å². The van der Waals surface area contributed by atoms with Crippen LogP contribution >= 0.6 is 11.3 Å². The van der Waals surface area contributed by atoms with Crippen LogP contribution in [-0.4, -0.2) is 41.6 Å². The largest absolute Gasteiger partial charge is 0.489 e. The highest BCUT2D eigenvalue weighted by molar-refractivity contribution is 7.11. The van der Waals surface area contributed by atoms with Crippen LogP contribution in [0.25, 0.3) is 0 Å². The van der Waals surface area contributed by atoms with E-state index in [-0.39, 0.29) is 17.1 Å². The number of aromatic nitrogens is 1. The van der Waals surface area contributed by atoms with Crippen molar-refractivity contribution in [2.24, 2.45) is 0 Å². The summed E-state index contributed by atoms with van der Waals surface area (Å²) in [6.45, 7) is 1.82. The molecular formula is C16H15N3O7S. The number of hydrogen-bond donors (Lipinski definition) is 1. The monoisotopic (exact) mass is 393 g/mol. The van der Waals surface area contributed by atoms with Gasteiger partial charge in [-0.2, -0.15) is 0 Å². The molecule has 0 radical (unpaired) electrons. The van der Waals surface area contributed by atoms with E-state index in [9.17, 15) is 19.7 Å². The summed E-state index contributed by atoms with van der Waals surface area (Å²) >= 11 is 1.10. The molecule has 0 fully saturated rings. The van der Waals surface area contributed by atoms with Crippen molar-refractivity contribution in [3.05, 3.63) is 38.3 Å². The van der Waals surface area contributed by atoms with Crippen molar-refractivity contribution in [1.82, 2.24) is 4.98 Å². The molecule has 2 heterocycles. The summed E-state index contributed by atoms with van der Waals surface area (Å²) in [5, 5.41) is 13.7. The van der Waals surface area contributed by atoms with Gasteiger partial charge in [-0.1, -0.05) is 0 Å². The fourth-order valence-electron chi connectivity index (χ4n) is 2.33. The molecule has 27 heavy (non-hydrogen) atoms.